The van der Waals surface area contributed by atoms with Crippen LogP contribution in [0.25, 0.3) is 6.08 Å². The van der Waals surface area contributed by atoms with Gasteiger partial charge in [0.15, 0.2) is 0 Å². The van der Waals surface area contributed by atoms with Crippen LogP contribution in [0.15, 0.2) is 30.3 Å². The minimum Gasteiger partial charge on any atom is -0.207 e. The zero-order valence-electron chi connectivity index (χ0n) is 6.00. The van der Waals surface area contributed by atoms with Crippen LogP contribution < -0.4 is 0 Å². The van der Waals surface area contributed by atoms with Crippen molar-refractivity contribution in [2.45, 2.75) is 0 Å². The lowest BCUT2D eigenvalue weighted by Gasteiger charge is -1.91. The van der Waals surface area contributed by atoms with Crippen LogP contribution in [-0.4, -0.2) is 5.75 Å². The molecule has 0 heterocycles. The molecule has 1 aromatic rings. The monoisotopic (exact) mass is 168 g/mol. The minimum atomic E-state index is -0.202. The van der Waals surface area contributed by atoms with Crippen LogP contribution >= 0.6 is 12.6 Å². The zero-order chi connectivity index (χ0) is 8.10. The van der Waals surface area contributed by atoms with Crippen molar-refractivity contribution in [1.29, 1.82) is 0 Å². The molecular formula is C9H9FS. The molecule has 1 rings (SSSR count). The van der Waals surface area contributed by atoms with Gasteiger partial charge in [0.2, 0.25) is 0 Å². The molecule has 0 aromatic heterocycles. The first-order chi connectivity index (χ1) is 5.33. The normalized spacial score (nSPS) is 10.7. The van der Waals surface area contributed by atoms with Crippen molar-refractivity contribution in [2.24, 2.45) is 0 Å². The first-order valence-corrected chi connectivity index (χ1v) is 3.99. The summed E-state index contributed by atoms with van der Waals surface area (Å²) in [5.41, 5.74) is 0.874. The van der Waals surface area contributed by atoms with Crippen molar-refractivity contribution in [3.63, 3.8) is 0 Å². The highest BCUT2D eigenvalue weighted by molar-refractivity contribution is 7.80. The van der Waals surface area contributed by atoms with Crippen molar-refractivity contribution in [1.82, 2.24) is 0 Å². The Morgan fingerprint density at radius 2 is 2.27 bits per heavy atom. The Kier molecular flexibility index (Phi) is 3.17. The molecule has 0 aliphatic rings. The molecule has 0 bridgehead atoms. The molecule has 58 valence electrons. The van der Waals surface area contributed by atoms with E-state index in [1.807, 2.05) is 18.2 Å². The van der Waals surface area contributed by atoms with Gasteiger partial charge in [-0.25, -0.2) is 4.39 Å². The fourth-order valence-electron chi connectivity index (χ4n) is 0.799. The molecule has 0 aliphatic carbocycles. The minimum absolute atomic E-state index is 0.202. The molecule has 0 atom stereocenters. The second-order valence-corrected chi connectivity index (χ2v) is 2.51. The second kappa shape index (κ2) is 4.19. The topological polar surface area (TPSA) is 0 Å². The van der Waals surface area contributed by atoms with Crippen LogP contribution in [0.2, 0.25) is 0 Å². The van der Waals surface area contributed by atoms with Gasteiger partial charge in [0.1, 0.15) is 5.82 Å². The molecule has 0 radical (unpaired) electrons. The van der Waals surface area contributed by atoms with E-state index in [4.69, 9.17) is 0 Å². The van der Waals surface area contributed by atoms with Gasteiger partial charge in [-0.2, -0.15) is 12.6 Å². The molecule has 0 spiro atoms. The summed E-state index contributed by atoms with van der Waals surface area (Å²) in [6.45, 7) is 0. The van der Waals surface area contributed by atoms with Gasteiger partial charge in [0, 0.05) is 5.75 Å². The number of rotatable bonds is 2. The average molecular weight is 168 g/mol. The fraction of sp³-hybridized carbons (Fsp3) is 0.111. The lowest BCUT2D eigenvalue weighted by atomic mass is 10.2. The van der Waals surface area contributed by atoms with Crippen LogP contribution in [0.1, 0.15) is 5.56 Å². The molecule has 0 nitrogen and oxygen atoms in total. The van der Waals surface area contributed by atoms with Crippen LogP contribution in [0, 0.1) is 5.82 Å². The second-order valence-electron chi connectivity index (χ2n) is 2.14. The van der Waals surface area contributed by atoms with E-state index in [1.165, 1.54) is 12.1 Å². The Bertz CT molecular complexity index is 255. The molecule has 2 heteroatoms. The third-order valence-electron chi connectivity index (χ3n) is 1.26. The Morgan fingerprint density at radius 3 is 2.91 bits per heavy atom. The summed E-state index contributed by atoms with van der Waals surface area (Å²) in [4.78, 5) is 0. The average Bonchev–Trinajstić information content (AvgIpc) is 2.01. The largest absolute Gasteiger partial charge is 0.207 e. The highest BCUT2D eigenvalue weighted by atomic mass is 32.1. The molecule has 0 N–H and O–H groups in total. The quantitative estimate of drug-likeness (QED) is 0.645. The van der Waals surface area contributed by atoms with E-state index >= 15 is 0 Å². The van der Waals surface area contributed by atoms with Crippen LogP contribution in [0.3, 0.4) is 0 Å². The first kappa shape index (κ1) is 8.34. The number of hydrogen-bond acceptors (Lipinski definition) is 1. The van der Waals surface area contributed by atoms with Crippen molar-refractivity contribution in [2.75, 3.05) is 5.75 Å². The summed E-state index contributed by atoms with van der Waals surface area (Å²) in [6.07, 6.45) is 3.72. The Balaban J connectivity index is 2.79. The predicted octanol–water partition coefficient (Wildman–Crippen LogP) is 2.77. The number of benzene rings is 1. The third-order valence-corrected chi connectivity index (χ3v) is 1.48. The fourth-order valence-corrected chi connectivity index (χ4v) is 0.904. The summed E-state index contributed by atoms with van der Waals surface area (Å²) in [7, 11) is 0. The van der Waals surface area contributed by atoms with Crippen molar-refractivity contribution >= 4 is 18.7 Å². The maximum absolute atomic E-state index is 12.5. The summed E-state index contributed by atoms with van der Waals surface area (Å²) in [5, 5.41) is 0. The Labute approximate surface area is 71.2 Å². The predicted molar refractivity (Wildman–Crippen MR) is 49.3 cm³/mol. The number of halogens is 1. The molecule has 0 fully saturated rings. The smallest absolute Gasteiger partial charge is 0.123 e. The lowest BCUT2D eigenvalue weighted by molar-refractivity contribution is 0.627. The summed E-state index contributed by atoms with van der Waals surface area (Å²) in [5.74, 6) is 0.475. The summed E-state index contributed by atoms with van der Waals surface area (Å²) >= 11 is 4.00. The van der Waals surface area contributed by atoms with Crippen LogP contribution in [0.5, 0.6) is 0 Å². The highest BCUT2D eigenvalue weighted by Gasteiger charge is 1.88. The van der Waals surface area contributed by atoms with Gasteiger partial charge in [-0.05, 0) is 17.7 Å². The standard InChI is InChI=1S/C9H9FS/c10-9-5-1-3-8(7-9)4-2-6-11/h1-5,7,11H,6H2. The Morgan fingerprint density at radius 1 is 1.45 bits per heavy atom. The van der Waals surface area contributed by atoms with Crippen LogP contribution in [-0.2, 0) is 0 Å². The van der Waals surface area contributed by atoms with Gasteiger partial charge in [0.25, 0.3) is 0 Å². The van der Waals surface area contributed by atoms with Gasteiger partial charge < -0.3 is 0 Å². The molecule has 0 amide bonds. The molecule has 11 heavy (non-hydrogen) atoms. The SMILES string of the molecule is Fc1cccc(C=CCS)c1. The summed E-state index contributed by atoms with van der Waals surface area (Å²) < 4.78 is 12.5. The highest BCUT2D eigenvalue weighted by Crippen LogP contribution is 2.04. The van der Waals surface area contributed by atoms with E-state index in [0.717, 1.165) is 5.56 Å². The molecule has 0 saturated carbocycles. The van der Waals surface area contributed by atoms with Crippen molar-refractivity contribution in [3.05, 3.63) is 41.7 Å². The van der Waals surface area contributed by atoms with Gasteiger partial charge in [-0.3, -0.25) is 0 Å². The molecule has 0 unspecified atom stereocenters. The van der Waals surface area contributed by atoms with E-state index in [1.54, 1.807) is 6.07 Å². The van der Waals surface area contributed by atoms with Crippen LogP contribution in [0.4, 0.5) is 4.39 Å². The van der Waals surface area contributed by atoms with E-state index in [0.29, 0.717) is 5.75 Å². The molecular weight excluding hydrogens is 159 g/mol. The molecule has 1 aromatic carbocycles. The molecule has 0 saturated heterocycles. The van der Waals surface area contributed by atoms with E-state index in [-0.39, 0.29) is 5.82 Å². The third kappa shape index (κ3) is 2.76. The van der Waals surface area contributed by atoms with Crippen molar-refractivity contribution in [3.8, 4) is 0 Å². The number of thiol groups is 1. The van der Waals surface area contributed by atoms with Crippen molar-refractivity contribution < 1.29 is 4.39 Å². The van der Waals surface area contributed by atoms with E-state index in [2.05, 4.69) is 12.6 Å². The van der Waals surface area contributed by atoms with Gasteiger partial charge in [-0.15, -0.1) is 0 Å². The Hall–Kier alpha value is -0.760. The molecule has 0 aliphatic heterocycles. The maximum atomic E-state index is 12.5. The first-order valence-electron chi connectivity index (χ1n) is 3.36. The lowest BCUT2D eigenvalue weighted by Crippen LogP contribution is -1.75. The zero-order valence-corrected chi connectivity index (χ0v) is 6.89. The van der Waals surface area contributed by atoms with Gasteiger partial charge in [-0.1, -0.05) is 24.3 Å². The van der Waals surface area contributed by atoms with Gasteiger partial charge >= 0.3 is 0 Å². The summed E-state index contributed by atoms with van der Waals surface area (Å²) in [6, 6.07) is 6.45. The number of hydrogen-bond donors (Lipinski definition) is 1. The van der Waals surface area contributed by atoms with E-state index < -0.39 is 0 Å². The van der Waals surface area contributed by atoms with E-state index in [9.17, 15) is 4.39 Å². The maximum Gasteiger partial charge on any atom is 0.123 e. The van der Waals surface area contributed by atoms with Gasteiger partial charge in [0.05, 0.1) is 0 Å².